The lowest BCUT2D eigenvalue weighted by molar-refractivity contribution is -0.126. The number of hydrogen-bond acceptors (Lipinski definition) is 4. The summed E-state index contributed by atoms with van der Waals surface area (Å²) in [5, 5.41) is 4.12. The van der Waals surface area contributed by atoms with E-state index in [4.69, 9.17) is 4.74 Å². The monoisotopic (exact) mass is 376 g/mol. The van der Waals surface area contributed by atoms with E-state index >= 15 is 0 Å². The minimum atomic E-state index is -0.0539. The molecule has 3 rings (SSSR count). The summed E-state index contributed by atoms with van der Waals surface area (Å²) in [7, 11) is 1.81. The molecule has 0 bridgehead atoms. The standard InChI is InChI=1S/C22H24N4O2/c1-4-28-21-12-5-18(6-13-21)7-14-22(27)25(3)17(2)19-8-10-20(11-9-19)26-16-23-15-24-26/h5-17H,4H2,1-3H3/b14-7+/t17-/m0/s1. The van der Waals surface area contributed by atoms with E-state index in [0.29, 0.717) is 6.61 Å². The highest BCUT2D eigenvalue weighted by atomic mass is 16.5. The van der Waals surface area contributed by atoms with Gasteiger partial charge in [-0.15, -0.1) is 0 Å². The molecule has 0 saturated carbocycles. The summed E-state index contributed by atoms with van der Waals surface area (Å²) in [4.78, 5) is 18.2. The predicted octanol–water partition coefficient (Wildman–Crippen LogP) is 3.90. The maximum Gasteiger partial charge on any atom is 0.246 e. The van der Waals surface area contributed by atoms with Crippen LogP contribution in [0, 0.1) is 0 Å². The van der Waals surface area contributed by atoms with Crippen LogP contribution in [0.1, 0.15) is 31.0 Å². The number of benzene rings is 2. The fraction of sp³-hybridized carbons (Fsp3) is 0.227. The van der Waals surface area contributed by atoms with Gasteiger partial charge >= 0.3 is 0 Å². The molecule has 0 N–H and O–H groups in total. The van der Waals surface area contributed by atoms with Crippen molar-refractivity contribution in [3.8, 4) is 11.4 Å². The molecule has 28 heavy (non-hydrogen) atoms. The fourth-order valence-electron chi connectivity index (χ4n) is 2.79. The molecule has 0 unspecified atom stereocenters. The van der Waals surface area contributed by atoms with Crippen LogP contribution in [0.3, 0.4) is 0 Å². The van der Waals surface area contributed by atoms with Crippen molar-refractivity contribution in [1.29, 1.82) is 0 Å². The van der Waals surface area contributed by atoms with Crippen LogP contribution >= 0.6 is 0 Å². The minimum absolute atomic E-state index is 0.0534. The Kier molecular flexibility index (Phi) is 6.22. The zero-order chi connectivity index (χ0) is 19.9. The Morgan fingerprint density at radius 3 is 2.50 bits per heavy atom. The summed E-state index contributed by atoms with van der Waals surface area (Å²) in [6, 6.07) is 15.5. The summed E-state index contributed by atoms with van der Waals surface area (Å²) >= 11 is 0. The molecule has 1 amide bonds. The average molecular weight is 376 g/mol. The Hall–Kier alpha value is -3.41. The average Bonchev–Trinajstić information content (AvgIpc) is 3.27. The second-order valence-electron chi connectivity index (χ2n) is 6.39. The summed E-state index contributed by atoms with van der Waals surface area (Å²) in [6.07, 6.45) is 6.56. The maximum atomic E-state index is 12.5. The van der Waals surface area contributed by atoms with Gasteiger partial charge < -0.3 is 9.64 Å². The van der Waals surface area contributed by atoms with Crippen LogP contribution < -0.4 is 4.74 Å². The first-order valence-electron chi connectivity index (χ1n) is 9.21. The number of rotatable bonds is 7. The third kappa shape index (κ3) is 4.65. The van der Waals surface area contributed by atoms with Crippen molar-refractivity contribution >= 4 is 12.0 Å². The van der Waals surface area contributed by atoms with E-state index in [0.717, 1.165) is 22.6 Å². The first kappa shape index (κ1) is 19.4. The summed E-state index contributed by atoms with van der Waals surface area (Å²) < 4.78 is 7.13. The molecule has 0 fully saturated rings. The number of aromatic nitrogens is 3. The summed E-state index contributed by atoms with van der Waals surface area (Å²) in [5.41, 5.74) is 2.93. The summed E-state index contributed by atoms with van der Waals surface area (Å²) in [6.45, 7) is 4.59. The van der Waals surface area contributed by atoms with E-state index in [1.165, 1.54) is 6.33 Å². The Labute approximate surface area is 165 Å². The van der Waals surface area contributed by atoms with Crippen molar-refractivity contribution in [2.75, 3.05) is 13.7 Å². The molecule has 1 atom stereocenters. The van der Waals surface area contributed by atoms with Crippen LogP contribution in [0.15, 0.2) is 67.3 Å². The van der Waals surface area contributed by atoms with Gasteiger partial charge in [0.1, 0.15) is 18.4 Å². The van der Waals surface area contributed by atoms with Crippen molar-refractivity contribution in [1.82, 2.24) is 19.7 Å². The van der Waals surface area contributed by atoms with Crippen molar-refractivity contribution in [3.05, 3.63) is 78.4 Å². The Morgan fingerprint density at radius 2 is 1.89 bits per heavy atom. The smallest absolute Gasteiger partial charge is 0.246 e. The van der Waals surface area contributed by atoms with Crippen LogP contribution in [-0.4, -0.2) is 39.2 Å². The predicted molar refractivity (Wildman–Crippen MR) is 109 cm³/mol. The lowest BCUT2D eigenvalue weighted by Crippen LogP contribution is -2.27. The molecular weight excluding hydrogens is 352 g/mol. The van der Waals surface area contributed by atoms with Crippen LogP contribution in [0.4, 0.5) is 0 Å². The van der Waals surface area contributed by atoms with Crippen LogP contribution in [0.5, 0.6) is 5.75 Å². The van der Waals surface area contributed by atoms with Gasteiger partial charge in [-0.25, -0.2) is 9.67 Å². The number of carbonyl (C=O) groups excluding carboxylic acids is 1. The van der Waals surface area contributed by atoms with Gasteiger partial charge in [-0.2, -0.15) is 5.10 Å². The Bertz CT molecular complexity index is 916. The number of likely N-dealkylation sites (N-methyl/N-ethyl adjacent to an activating group) is 1. The van der Waals surface area contributed by atoms with Gasteiger partial charge in [0.25, 0.3) is 0 Å². The quantitative estimate of drug-likeness (QED) is 0.587. The number of carbonyl (C=O) groups is 1. The van der Waals surface area contributed by atoms with Gasteiger partial charge in [-0.3, -0.25) is 4.79 Å². The Balaban J connectivity index is 1.63. The molecule has 1 aromatic heterocycles. The molecule has 1 heterocycles. The maximum absolute atomic E-state index is 12.5. The highest BCUT2D eigenvalue weighted by Gasteiger charge is 2.15. The van der Waals surface area contributed by atoms with E-state index in [2.05, 4.69) is 10.1 Å². The number of nitrogens with zero attached hydrogens (tertiary/aromatic N) is 4. The minimum Gasteiger partial charge on any atom is -0.494 e. The molecular formula is C22H24N4O2. The Morgan fingerprint density at radius 1 is 1.18 bits per heavy atom. The van der Waals surface area contributed by atoms with Crippen molar-refractivity contribution < 1.29 is 9.53 Å². The van der Waals surface area contributed by atoms with Crippen LogP contribution in [0.2, 0.25) is 0 Å². The van der Waals surface area contributed by atoms with Crippen molar-refractivity contribution in [3.63, 3.8) is 0 Å². The van der Waals surface area contributed by atoms with E-state index in [1.807, 2.05) is 68.5 Å². The second-order valence-corrected chi connectivity index (χ2v) is 6.39. The third-order valence-corrected chi connectivity index (χ3v) is 4.60. The molecule has 3 aromatic rings. The zero-order valence-corrected chi connectivity index (χ0v) is 16.3. The lowest BCUT2D eigenvalue weighted by atomic mass is 10.1. The highest BCUT2D eigenvalue weighted by molar-refractivity contribution is 5.91. The highest BCUT2D eigenvalue weighted by Crippen LogP contribution is 2.21. The molecule has 144 valence electrons. The van der Waals surface area contributed by atoms with Crippen LogP contribution in [-0.2, 0) is 4.79 Å². The van der Waals surface area contributed by atoms with Gasteiger partial charge in [0, 0.05) is 13.1 Å². The van der Waals surface area contributed by atoms with E-state index in [9.17, 15) is 4.79 Å². The first-order chi connectivity index (χ1) is 13.6. The van der Waals surface area contributed by atoms with Gasteiger partial charge in [0.2, 0.25) is 5.91 Å². The molecule has 2 aromatic carbocycles. The lowest BCUT2D eigenvalue weighted by Gasteiger charge is -2.24. The van der Waals surface area contributed by atoms with Crippen molar-refractivity contribution in [2.24, 2.45) is 0 Å². The summed E-state index contributed by atoms with van der Waals surface area (Å²) in [5.74, 6) is 0.771. The number of ether oxygens (including phenoxy) is 1. The van der Waals surface area contributed by atoms with Gasteiger partial charge in [-0.05, 0) is 55.3 Å². The molecule has 0 saturated heterocycles. The number of amides is 1. The van der Waals surface area contributed by atoms with Gasteiger partial charge in [-0.1, -0.05) is 24.3 Å². The largest absolute Gasteiger partial charge is 0.494 e. The fourth-order valence-corrected chi connectivity index (χ4v) is 2.79. The molecule has 0 spiro atoms. The van der Waals surface area contributed by atoms with Crippen LogP contribution in [0.25, 0.3) is 11.8 Å². The molecule has 0 radical (unpaired) electrons. The number of hydrogen-bond donors (Lipinski definition) is 0. The molecule has 6 heteroatoms. The SMILES string of the molecule is CCOc1ccc(/C=C/C(=O)N(C)[C@@H](C)c2ccc(-n3cncn3)cc2)cc1. The topological polar surface area (TPSA) is 60.2 Å². The third-order valence-electron chi connectivity index (χ3n) is 4.60. The molecule has 0 aliphatic carbocycles. The zero-order valence-electron chi connectivity index (χ0n) is 16.3. The van der Waals surface area contributed by atoms with Gasteiger partial charge in [0.05, 0.1) is 18.3 Å². The first-order valence-corrected chi connectivity index (χ1v) is 9.21. The normalized spacial score (nSPS) is 12.1. The molecule has 0 aliphatic heterocycles. The van der Waals surface area contributed by atoms with E-state index < -0.39 is 0 Å². The van der Waals surface area contributed by atoms with E-state index in [1.54, 1.807) is 29.0 Å². The molecule has 0 aliphatic rings. The van der Waals surface area contributed by atoms with E-state index in [-0.39, 0.29) is 11.9 Å². The molecule has 6 nitrogen and oxygen atoms in total. The second kappa shape index (κ2) is 8.99. The van der Waals surface area contributed by atoms with Crippen molar-refractivity contribution in [2.45, 2.75) is 19.9 Å². The van der Waals surface area contributed by atoms with Gasteiger partial charge in [0.15, 0.2) is 0 Å².